The van der Waals surface area contributed by atoms with Crippen LogP contribution in [0.3, 0.4) is 0 Å². The van der Waals surface area contributed by atoms with Gasteiger partial charge < -0.3 is 18.9 Å². The predicted octanol–water partition coefficient (Wildman–Crippen LogP) is 16.3. The van der Waals surface area contributed by atoms with Crippen LogP contribution in [0.5, 0.6) is 0 Å². The molecule has 0 aliphatic heterocycles. The van der Waals surface area contributed by atoms with Crippen LogP contribution in [0.2, 0.25) is 0 Å². The van der Waals surface area contributed by atoms with Crippen molar-refractivity contribution in [2.24, 2.45) is 0 Å². The second kappa shape index (κ2) is 46.1. The normalized spacial score (nSPS) is 13.3. The first kappa shape index (κ1) is 62.0. The van der Waals surface area contributed by atoms with Crippen LogP contribution in [0.4, 0.5) is 0 Å². The quantitative estimate of drug-likeness (QED) is 0.0278. The summed E-state index contributed by atoms with van der Waals surface area (Å²) in [6, 6.07) is 0. The molecule has 0 aliphatic carbocycles. The van der Waals surface area contributed by atoms with Crippen molar-refractivity contribution in [3.8, 4) is 0 Å². The Labute approximate surface area is 391 Å². The molecule has 1 N–H and O–H groups in total. The number of hydrogen-bond donors (Lipinski definition) is 1. The van der Waals surface area contributed by atoms with Gasteiger partial charge in [-0.05, 0) is 12.8 Å². The molecular weight excluding hydrogens is 810 g/mol. The minimum atomic E-state index is -4.36. The van der Waals surface area contributed by atoms with Crippen molar-refractivity contribution in [1.82, 2.24) is 0 Å². The number of unbranched alkanes of at least 4 members (excludes halogenated alkanes) is 37. The number of quaternary nitrogens is 1. The maximum absolute atomic E-state index is 12.7. The Bertz CT molecular complexity index is 1040. The number of ether oxygens (including phenoxy) is 2. The van der Waals surface area contributed by atoms with Gasteiger partial charge in [0, 0.05) is 12.8 Å². The van der Waals surface area contributed by atoms with Crippen LogP contribution in [-0.4, -0.2) is 74.9 Å². The number of nitrogens with zero attached hydrogens (tertiary/aromatic N) is 1. The highest BCUT2D eigenvalue weighted by molar-refractivity contribution is 7.47. The summed E-state index contributed by atoms with van der Waals surface area (Å²) in [5.41, 5.74) is 0. The number of phosphoric ester groups is 1. The average Bonchev–Trinajstić information content (AvgIpc) is 3.24. The van der Waals surface area contributed by atoms with E-state index in [0.717, 1.165) is 38.5 Å². The van der Waals surface area contributed by atoms with Crippen LogP contribution in [0, 0.1) is 0 Å². The molecule has 0 bridgehead atoms. The molecule has 9 nitrogen and oxygen atoms in total. The summed E-state index contributed by atoms with van der Waals surface area (Å²) in [5, 5.41) is 0. The Kier molecular flexibility index (Phi) is 45.4. The lowest BCUT2D eigenvalue weighted by Crippen LogP contribution is -2.37. The van der Waals surface area contributed by atoms with Gasteiger partial charge in [0.2, 0.25) is 0 Å². The van der Waals surface area contributed by atoms with Gasteiger partial charge in [0.1, 0.15) is 19.8 Å². The summed E-state index contributed by atoms with van der Waals surface area (Å²) in [6.45, 7) is 4.42. The monoisotopic (exact) mass is 917 g/mol. The number of phosphoric acid groups is 1. The zero-order valence-electron chi connectivity index (χ0n) is 42.6. The molecule has 376 valence electrons. The van der Waals surface area contributed by atoms with Crippen LogP contribution in [0.15, 0.2) is 0 Å². The lowest BCUT2D eigenvalue weighted by Gasteiger charge is -2.24. The van der Waals surface area contributed by atoms with Gasteiger partial charge in [-0.1, -0.05) is 251 Å². The highest BCUT2D eigenvalue weighted by atomic mass is 31.2. The van der Waals surface area contributed by atoms with E-state index in [9.17, 15) is 19.0 Å². The average molecular weight is 917 g/mol. The molecule has 0 saturated carbocycles. The Balaban J connectivity index is 3.84. The SMILES string of the molecule is CCCCCCCCCCCCCCCCCCCCCCCCCCCCCCCCCCC(=O)OC(COC(=O)CCCCCCCCC)COP(=O)(O)OCC[N+](C)(C)C. The molecular formula is C53H107NO8P+. The van der Waals surface area contributed by atoms with Gasteiger partial charge >= 0.3 is 19.8 Å². The zero-order valence-corrected chi connectivity index (χ0v) is 43.5. The molecule has 0 aromatic rings. The molecule has 63 heavy (non-hydrogen) atoms. The first-order valence-corrected chi connectivity index (χ1v) is 28.8. The van der Waals surface area contributed by atoms with Crippen molar-refractivity contribution < 1.29 is 42.1 Å². The van der Waals surface area contributed by atoms with Crippen molar-refractivity contribution in [2.75, 3.05) is 47.5 Å². The van der Waals surface area contributed by atoms with E-state index < -0.39 is 26.5 Å². The van der Waals surface area contributed by atoms with E-state index in [4.69, 9.17) is 18.5 Å². The van der Waals surface area contributed by atoms with E-state index in [1.807, 2.05) is 21.1 Å². The molecule has 0 aliphatic rings. The molecule has 0 saturated heterocycles. The third kappa shape index (κ3) is 50.3. The Morgan fingerprint density at radius 1 is 0.429 bits per heavy atom. The van der Waals surface area contributed by atoms with Crippen molar-refractivity contribution in [2.45, 2.75) is 283 Å². The first-order chi connectivity index (χ1) is 30.5. The molecule has 0 spiro atoms. The Hall–Kier alpha value is -0.990. The van der Waals surface area contributed by atoms with Crippen LogP contribution >= 0.6 is 7.82 Å². The molecule has 2 atom stereocenters. The van der Waals surface area contributed by atoms with Crippen LogP contribution in [-0.2, 0) is 32.7 Å². The van der Waals surface area contributed by atoms with Crippen LogP contribution < -0.4 is 0 Å². The minimum Gasteiger partial charge on any atom is -0.462 e. The smallest absolute Gasteiger partial charge is 0.462 e. The fourth-order valence-corrected chi connectivity index (χ4v) is 8.88. The van der Waals surface area contributed by atoms with Crippen molar-refractivity contribution in [1.29, 1.82) is 0 Å². The molecule has 10 heteroatoms. The third-order valence-corrected chi connectivity index (χ3v) is 13.4. The lowest BCUT2D eigenvalue weighted by atomic mass is 10.0. The number of carbonyl (C=O) groups is 2. The van der Waals surface area contributed by atoms with E-state index in [0.29, 0.717) is 17.4 Å². The van der Waals surface area contributed by atoms with Gasteiger partial charge in [-0.2, -0.15) is 0 Å². The van der Waals surface area contributed by atoms with Gasteiger partial charge in [0.25, 0.3) is 0 Å². The van der Waals surface area contributed by atoms with Gasteiger partial charge in [0.15, 0.2) is 6.10 Å². The van der Waals surface area contributed by atoms with Gasteiger partial charge in [0.05, 0.1) is 27.7 Å². The topological polar surface area (TPSA) is 108 Å². The first-order valence-electron chi connectivity index (χ1n) is 27.3. The second-order valence-corrected chi connectivity index (χ2v) is 21.4. The third-order valence-electron chi connectivity index (χ3n) is 12.4. The van der Waals surface area contributed by atoms with E-state index in [-0.39, 0.29) is 25.6 Å². The minimum absolute atomic E-state index is 0.0366. The maximum Gasteiger partial charge on any atom is 0.472 e. The molecule has 0 rings (SSSR count). The zero-order chi connectivity index (χ0) is 46.4. The lowest BCUT2D eigenvalue weighted by molar-refractivity contribution is -0.870. The number of hydrogen-bond acceptors (Lipinski definition) is 7. The molecule has 0 aromatic carbocycles. The highest BCUT2D eigenvalue weighted by Crippen LogP contribution is 2.43. The molecule has 0 aromatic heterocycles. The molecule has 0 heterocycles. The highest BCUT2D eigenvalue weighted by Gasteiger charge is 2.27. The van der Waals surface area contributed by atoms with Gasteiger partial charge in [-0.15, -0.1) is 0 Å². The van der Waals surface area contributed by atoms with Crippen molar-refractivity contribution in [3.05, 3.63) is 0 Å². The summed E-state index contributed by atoms with van der Waals surface area (Å²) >= 11 is 0. The maximum atomic E-state index is 12.7. The number of carbonyl (C=O) groups excluding carboxylic acids is 2. The molecule has 2 unspecified atom stereocenters. The van der Waals surface area contributed by atoms with E-state index in [2.05, 4.69) is 13.8 Å². The van der Waals surface area contributed by atoms with Crippen LogP contribution in [0.25, 0.3) is 0 Å². The summed E-state index contributed by atoms with van der Waals surface area (Å²) in [4.78, 5) is 35.3. The largest absolute Gasteiger partial charge is 0.472 e. The Morgan fingerprint density at radius 3 is 1.02 bits per heavy atom. The fourth-order valence-electron chi connectivity index (χ4n) is 8.14. The van der Waals surface area contributed by atoms with Gasteiger partial charge in [-0.25, -0.2) is 4.57 Å². The van der Waals surface area contributed by atoms with E-state index >= 15 is 0 Å². The Morgan fingerprint density at radius 2 is 0.714 bits per heavy atom. The van der Waals surface area contributed by atoms with E-state index in [1.165, 1.54) is 212 Å². The summed E-state index contributed by atoms with van der Waals surface area (Å²) in [6.07, 6.45) is 50.8. The van der Waals surface area contributed by atoms with E-state index in [1.54, 1.807) is 0 Å². The van der Waals surface area contributed by atoms with Gasteiger partial charge in [-0.3, -0.25) is 18.6 Å². The number of rotatable bonds is 51. The fraction of sp³-hybridized carbons (Fsp3) is 0.962. The number of esters is 2. The second-order valence-electron chi connectivity index (χ2n) is 20.0. The van der Waals surface area contributed by atoms with Crippen molar-refractivity contribution >= 4 is 19.8 Å². The summed E-state index contributed by atoms with van der Waals surface area (Å²) in [7, 11) is 1.49. The number of likely N-dealkylation sites (N-methyl/N-ethyl adjacent to an activating group) is 1. The summed E-state index contributed by atoms with van der Waals surface area (Å²) in [5.74, 6) is -0.789. The summed E-state index contributed by atoms with van der Waals surface area (Å²) < 4.78 is 34.3. The molecule has 0 amide bonds. The van der Waals surface area contributed by atoms with Crippen LogP contribution in [0.1, 0.15) is 277 Å². The predicted molar refractivity (Wildman–Crippen MR) is 266 cm³/mol. The standard InChI is InChI=1S/C53H106NO8P/c1-6-8-10-12-14-15-16-17-18-19-20-21-22-23-24-25-26-27-28-29-30-31-32-33-34-35-36-37-38-40-42-44-46-53(56)62-51(50-61-63(57,58)60-48-47-54(3,4)5)49-59-52(55)45-43-41-39-13-11-9-7-2/h51H,6-50H2,1-5H3/p+1. The molecule has 0 fully saturated rings. The molecule has 0 radical (unpaired) electrons. The van der Waals surface area contributed by atoms with Crippen molar-refractivity contribution in [3.63, 3.8) is 0 Å².